The second-order valence-electron chi connectivity index (χ2n) is 10.8. The first kappa shape index (κ1) is 29.7. The SMILES string of the molecule is COc1cc([C@@H]2Oc3c(OC)cc4c(=O)c5ccccc5oc4c3O[C@H]2CO)ccc1O.O=c1c2ccccc2oc2ccccc12. The minimum absolute atomic E-state index is 0.0221. The van der Waals surface area contributed by atoms with Crippen LogP contribution in [0.3, 0.4) is 0 Å². The van der Waals surface area contributed by atoms with Crippen LogP contribution in [-0.2, 0) is 0 Å². The molecular formula is C37H28O10. The Morgan fingerprint density at radius 1 is 0.638 bits per heavy atom. The lowest BCUT2D eigenvalue weighted by atomic mass is 10.0. The van der Waals surface area contributed by atoms with Crippen LogP contribution in [0.25, 0.3) is 43.9 Å². The quantitative estimate of drug-likeness (QED) is 0.207. The molecule has 2 N–H and O–H groups in total. The van der Waals surface area contributed by atoms with Crippen LogP contribution in [0.1, 0.15) is 11.7 Å². The summed E-state index contributed by atoms with van der Waals surface area (Å²) < 4.78 is 34.7. The second kappa shape index (κ2) is 12.1. The van der Waals surface area contributed by atoms with Crippen LogP contribution < -0.4 is 29.8 Å². The molecule has 5 aromatic carbocycles. The van der Waals surface area contributed by atoms with Gasteiger partial charge in [0.2, 0.25) is 22.4 Å². The Balaban J connectivity index is 0.000000194. The van der Waals surface area contributed by atoms with Crippen molar-refractivity contribution in [3.8, 4) is 28.7 Å². The molecule has 10 heteroatoms. The first-order chi connectivity index (χ1) is 22.9. The summed E-state index contributed by atoms with van der Waals surface area (Å²) in [5.74, 6) is 0.966. The fraction of sp³-hybridized carbons (Fsp3) is 0.135. The highest BCUT2D eigenvalue weighted by Crippen LogP contribution is 2.50. The van der Waals surface area contributed by atoms with Crippen molar-refractivity contribution < 1.29 is 38.0 Å². The minimum atomic E-state index is -0.816. The standard InChI is InChI=1S/C24H20O8.C13H8O2/c1-28-17-9-12(7-8-15(17)26)21-19(11-25)31-24-22-14(10-18(29-2)23(24)32-21)20(27)13-5-3-4-6-16(13)30-22;14-13-9-5-1-3-7-11(9)15-12-8-4-2-6-10(12)13/h3-10,19,21,25-26H,11H2,1-2H3;1-8H/t19-,21-;/m0./s1. The van der Waals surface area contributed by atoms with Crippen LogP contribution in [0.15, 0.2) is 115 Å². The highest BCUT2D eigenvalue weighted by Gasteiger charge is 2.37. The van der Waals surface area contributed by atoms with Crippen LogP contribution >= 0.6 is 0 Å². The van der Waals surface area contributed by atoms with Gasteiger partial charge in [0.05, 0.1) is 42.4 Å². The van der Waals surface area contributed by atoms with E-state index in [1.807, 2.05) is 36.4 Å². The van der Waals surface area contributed by atoms with Crippen molar-refractivity contribution >= 4 is 43.9 Å². The van der Waals surface area contributed by atoms with Crippen molar-refractivity contribution in [3.05, 3.63) is 123 Å². The zero-order chi connectivity index (χ0) is 32.7. The maximum absolute atomic E-state index is 13.1. The number of ether oxygens (including phenoxy) is 4. The number of aromatic hydroxyl groups is 1. The van der Waals surface area contributed by atoms with Crippen LogP contribution in [0, 0.1) is 0 Å². The molecule has 0 amide bonds. The van der Waals surface area contributed by atoms with Gasteiger partial charge in [-0.2, -0.15) is 0 Å². The summed E-state index contributed by atoms with van der Waals surface area (Å²) in [5, 5.41) is 22.0. The Bertz CT molecular complexity index is 2350. The number of hydrogen-bond donors (Lipinski definition) is 2. The molecule has 1 aliphatic heterocycles. The van der Waals surface area contributed by atoms with Crippen molar-refractivity contribution in [2.75, 3.05) is 20.8 Å². The Morgan fingerprint density at radius 3 is 1.77 bits per heavy atom. The maximum Gasteiger partial charge on any atom is 0.209 e. The number of benzene rings is 5. The van der Waals surface area contributed by atoms with Gasteiger partial charge in [0.1, 0.15) is 16.7 Å². The summed E-state index contributed by atoms with van der Waals surface area (Å²) in [6.45, 7) is -0.371. The van der Waals surface area contributed by atoms with E-state index in [0.29, 0.717) is 44.2 Å². The predicted octanol–water partition coefficient (Wildman–Crippen LogP) is 6.49. The van der Waals surface area contributed by atoms with Gasteiger partial charge in [-0.1, -0.05) is 42.5 Å². The zero-order valence-electron chi connectivity index (χ0n) is 25.3. The molecule has 3 heterocycles. The van der Waals surface area contributed by atoms with Crippen LogP contribution in [0.5, 0.6) is 28.7 Å². The third-order valence-electron chi connectivity index (χ3n) is 8.01. The molecule has 8 rings (SSSR count). The van der Waals surface area contributed by atoms with E-state index in [1.165, 1.54) is 20.3 Å². The van der Waals surface area contributed by atoms with Crippen LogP contribution in [-0.4, -0.2) is 37.1 Å². The number of methoxy groups -OCH3 is 2. The van der Waals surface area contributed by atoms with Crippen molar-refractivity contribution in [2.45, 2.75) is 12.2 Å². The molecular weight excluding hydrogens is 604 g/mol. The van der Waals surface area contributed by atoms with E-state index >= 15 is 0 Å². The summed E-state index contributed by atoms with van der Waals surface area (Å²) in [6, 6.07) is 27.8. The topological polar surface area (TPSA) is 138 Å². The molecule has 0 unspecified atom stereocenters. The molecule has 236 valence electrons. The number of aliphatic hydroxyl groups excluding tert-OH is 1. The van der Waals surface area contributed by atoms with E-state index in [0.717, 1.165) is 0 Å². The lowest BCUT2D eigenvalue weighted by Crippen LogP contribution is -2.36. The summed E-state index contributed by atoms with van der Waals surface area (Å²) in [7, 11) is 2.90. The molecule has 2 atom stereocenters. The number of hydrogen-bond acceptors (Lipinski definition) is 10. The van der Waals surface area contributed by atoms with Crippen molar-refractivity contribution in [2.24, 2.45) is 0 Å². The smallest absolute Gasteiger partial charge is 0.209 e. The molecule has 0 saturated carbocycles. The molecule has 0 fully saturated rings. The highest BCUT2D eigenvalue weighted by atomic mass is 16.6. The Morgan fingerprint density at radius 2 is 1.19 bits per heavy atom. The maximum atomic E-state index is 13.1. The average molecular weight is 633 g/mol. The predicted molar refractivity (Wildman–Crippen MR) is 176 cm³/mol. The van der Waals surface area contributed by atoms with Gasteiger partial charge >= 0.3 is 0 Å². The van der Waals surface area contributed by atoms with E-state index in [4.69, 9.17) is 27.8 Å². The number of rotatable bonds is 4. The Hall–Kier alpha value is -6.00. The number of aliphatic hydroxyl groups is 1. The molecule has 0 saturated heterocycles. The second-order valence-corrected chi connectivity index (χ2v) is 10.8. The molecule has 2 aromatic heterocycles. The molecule has 47 heavy (non-hydrogen) atoms. The van der Waals surface area contributed by atoms with Gasteiger partial charge in [-0.25, -0.2) is 0 Å². The zero-order valence-corrected chi connectivity index (χ0v) is 25.3. The molecule has 0 radical (unpaired) electrons. The fourth-order valence-corrected chi connectivity index (χ4v) is 5.69. The molecule has 7 aromatic rings. The van der Waals surface area contributed by atoms with Gasteiger partial charge in [-0.15, -0.1) is 0 Å². The van der Waals surface area contributed by atoms with Crippen molar-refractivity contribution in [3.63, 3.8) is 0 Å². The van der Waals surface area contributed by atoms with Crippen molar-refractivity contribution in [1.82, 2.24) is 0 Å². The van der Waals surface area contributed by atoms with Gasteiger partial charge in [0, 0.05) is 5.56 Å². The van der Waals surface area contributed by atoms with Crippen LogP contribution in [0.2, 0.25) is 0 Å². The third kappa shape index (κ3) is 5.14. The largest absolute Gasteiger partial charge is 0.504 e. The van der Waals surface area contributed by atoms with E-state index in [9.17, 15) is 19.8 Å². The summed E-state index contributed by atoms with van der Waals surface area (Å²) >= 11 is 0. The van der Waals surface area contributed by atoms with Gasteiger partial charge in [0.25, 0.3) is 0 Å². The number of phenolic OH excluding ortho intramolecular Hbond substituents is 1. The van der Waals surface area contributed by atoms with Gasteiger partial charge in [-0.05, 0) is 54.6 Å². The van der Waals surface area contributed by atoms with Gasteiger partial charge < -0.3 is 38.0 Å². The summed E-state index contributed by atoms with van der Waals surface area (Å²) in [6.07, 6.45) is -1.55. The Labute approximate surface area is 266 Å². The monoisotopic (exact) mass is 632 g/mol. The Kier molecular flexibility index (Phi) is 7.63. The van der Waals surface area contributed by atoms with Crippen molar-refractivity contribution in [1.29, 1.82) is 0 Å². The molecule has 0 spiro atoms. The lowest BCUT2D eigenvalue weighted by Gasteiger charge is -2.34. The number of fused-ring (bicyclic) bond motifs is 6. The van der Waals surface area contributed by atoms with E-state index in [1.54, 1.807) is 54.6 Å². The average Bonchev–Trinajstić information content (AvgIpc) is 3.11. The van der Waals surface area contributed by atoms with Crippen LogP contribution in [0.4, 0.5) is 0 Å². The number of para-hydroxylation sites is 3. The number of phenols is 1. The highest BCUT2D eigenvalue weighted by molar-refractivity contribution is 5.95. The summed E-state index contributed by atoms with van der Waals surface area (Å²) in [4.78, 5) is 25.1. The van der Waals surface area contributed by atoms with E-state index in [2.05, 4.69) is 0 Å². The van der Waals surface area contributed by atoms with E-state index in [-0.39, 0.29) is 51.4 Å². The first-order valence-electron chi connectivity index (χ1n) is 14.7. The molecule has 0 bridgehead atoms. The fourth-order valence-electron chi connectivity index (χ4n) is 5.69. The first-order valence-corrected chi connectivity index (χ1v) is 14.7. The molecule has 1 aliphatic rings. The normalized spacial score (nSPS) is 15.4. The van der Waals surface area contributed by atoms with Gasteiger partial charge in [0.15, 0.2) is 35.0 Å². The lowest BCUT2D eigenvalue weighted by molar-refractivity contribution is -0.0134. The van der Waals surface area contributed by atoms with Gasteiger partial charge in [-0.3, -0.25) is 9.59 Å². The molecule has 10 nitrogen and oxygen atoms in total. The molecule has 0 aliphatic carbocycles. The summed E-state index contributed by atoms with van der Waals surface area (Å²) in [5.41, 5.74) is 2.33. The minimum Gasteiger partial charge on any atom is -0.504 e. The van der Waals surface area contributed by atoms with E-state index < -0.39 is 12.2 Å². The third-order valence-corrected chi connectivity index (χ3v) is 8.01.